The van der Waals surface area contributed by atoms with Gasteiger partial charge in [0.2, 0.25) is 0 Å². The smallest absolute Gasteiger partial charge is 0.104 e. The molecule has 2 unspecified atom stereocenters. The van der Waals surface area contributed by atoms with Gasteiger partial charge in [0.05, 0.1) is 6.07 Å². The molecule has 0 bridgehead atoms. The van der Waals surface area contributed by atoms with Crippen LogP contribution in [-0.2, 0) is 0 Å². The summed E-state index contributed by atoms with van der Waals surface area (Å²) in [5.74, 6) is 0.281. The fourth-order valence-electron chi connectivity index (χ4n) is 3.60. The van der Waals surface area contributed by atoms with Crippen LogP contribution in [0.1, 0.15) is 47.9 Å². The lowest BCUT2D eigenvalue weighted by molar-refractivity contribution is 0.263. The van der Waals surface area contributed by atoms with Gasteiger partial charge in [0.15, 0.2) is 0 Å². The van der Waals surface area contributed by atoms with E-state index in [0.29, 0.717) is 0 Å². The molecule has 2 rings (SSSR count). The molecule has 2 nitrogen and oxygen atoms in total. The number of aryl methyl sites for hydroxylation is 3. The van der Waals surface area contributed by atoms with Crippen LogP contribution >= 0.6 is 0 Å². The Morgan fingerprint density at radius 1 is 1.11 bits per heavy atom. The van der Waals surface area contributed by atoms with E-state index in [0.717, 1.165) is 13.1 Å². The second-order valence-electron chi connectivity index (χ2n) is 5.92. The molecule has 1 aromatic carbocycles. The Morgan fingerprint density at radius 2 is 1.63 bits per heavy atom. The molecule has 1 fully saturated rings. The van der Waals surface area contributed by atoms with Crippen LogP contribution in [0.4, 0.5) is 0 Å². The van der Waals surface area contributed by atoms with Crippen LogP contribution in [-0.4, -0.2) is 24.0 Å². The largest absolute Gasteiger partial charge is 0.288 e. The van der Waals surface area contributed by atoms with Crippen molar-refractivity contribution < 1.29 is 0 Å². The Morgan fingerprint density at radius 3 is 2.11 bits per heavy atom. The van der Waals surface area contributed by atoms with Gasteiger partial charge in [-0.15, -0.1) is 0 Å². The Kier molecular flexibility index (Phi) is 4.27. The monoisotopic (exact) mass is 256 g/mol. The highest BCUT2D eigenvalue weighted by atomic mass is 15.2. The molecular weight excluding hydrogens is 232 g/mol. The van der Waals surface area contributed by atoms with Crippen LogP contribution in [0.15, 0.2) is 12.1 Å². The second-order valence-corrected chi connectivity index (χ2v) is 5.92. The summed E-state index contributed by atoms with van der Waals surface area (Å²) in [5.41, 5.74) is 5.32. The van der Waals surface area contributed by atoms with Crippen LogP contribution < -0.4 is 0 Å². The summed E-state index contributed by atoms with van der Waals surface area (Å²) < 4.78 is 0. The standard InChI is InChI=1S/C17H24N2/c1-12-9-13(2)17(14(3)10-12)15(4)16(11-18)19-7-5-6-8-19/h9-10,15-16H,5-8H2,1-4H3. The quantitative estimate of drug-likeness (QED) is 0.824. The van der Waals surface area contributed by atoms with E-state index < -0.39 is 0 Å². The van der Waals surface area contributed by atoms with Gasteiger partial charge < -0.3 is 0 Å². The first-order valence-corrected chi connectivity index (χ1v) is 7.26. The summed E-state index contributed by atoms with van der Waals surface area (Å²) in [6.07, 6.45) is 2.47. The van der Waals surface area contributed by atoms with Crippen LogP contribution in [0, 0.1) is 32.1 Å². The number of benzene rings is 1. The van der Waals surface area contributed by atoms with E-state index in [9.17, 15) is 5.26 Å². The molecule has 1 heterocycles. The van der Waals surface area contributed by atoms with Gasteiger partial charge in [-0.3, -0.25) is 4.90 Å². The summed E-state index contributed by atoms with van der Waals surface area (Å²) >= 11 is 0. The minimum absolute atomic E-state index is 0.0163. The van der Waals surface area contributed by atoms with Crippen molar-refractivity contribution in [3.8, 4) is 6.07 Å². The van der Waals surface area contributed by atoms with Crippen LogP contribution in [0.25, 0.3) is 0 Å². The van der Waals surface area contributed by atoms with Gasteiger partial charge in [-0.1, -0.05) is 24.6 Å². The first-order chi connectivity index (χ1) is 9.04. The number of hydrogen-bond donors (Lipinski definition) is 0. The molecule has 0 aliphatic carbocycles. The third kappa shape index (κ3) is 2.82. The molecule has 1 aliphatic heterocycles. The zero-order valence-corrected chi connectivity index (χ0v) is 12.5. The lowest BCUT2D eigenvalue weighted by Crippen LogP contribution is -2.36. The summed E-state index contributed by atoms with van der Waals surface area (Å²) in [6.45, 7) is 10.8. The van der Waals surface area contributed by atoms with Crippen molar-refractivity contribution in [2.75, 3.05) is 13.1 Å². The maximum Gasteiger partial charge on any atom is 0.104 e. The fraction of sp³-hybridized carbons (Fsp3) is 0.588. The van der Waals surface area contributed by atoms with Crippen molar-refractivity contribution in [1.29, 1.82) is 5.26 Å². The predicted molar refractivity (Wildman–Crippen MR) is 79.3 cm³/mol. The van der Waals surface area contributed by atoms with E-state index >= 15 is 0 Å². The second kappa shape index (κ2) is 5.75. The van der Waals surface area contributed by atoms with Gasteiger partial charge in [-0.2, -0.15) is 5.26 Å². The lowest BCUT2D eigenvalue weighted by atomic mass is 9.86. The van der Waals surface area contributed by atoms with Crippen molar-refractivity contribution in [1.82, 2.24) is 4.90 Å². The normalized spacial score (nSPS) is 19.1. The van der Waals surface area contributed by atoms with Crippen LogP contribution in [0.3, 0.4) is 0 Å². The third-order valence-electron chi connectivity index (χ3n) is 4.33. The molecule has 1 aliphatic rings. The highest BCUT2D eigenvalue weighted by Crippen LogP contribution is 2.31. The molecule has 0 saturated carbocycles. The van der Waals surface area contributed by atoms with E-state index in [4.69, 9.17) is 0 Å². The van der Waals surface area contributed by atoms with Gasteiger partial charge in [-0.25, -0.2) is 0 Å². The fourth-order valence-corrected chi connectivity index (χ4v) is 3.60. The Labute approximate surface area is 117 Å². The van der Waals surface area contributed by atoms with E-state index in [-0.39, 0.29) is 12.0 Å². The molecule has 1 saturated heterocycles. The Balaban J connectivity index is 2.32. The molecule has 1 aromatic rings. The highest BCUT2D eigenvalue weighted by molar-refractivity contribution is 5.41. The maximum atomic E-state index is 9.56. The molecule has 19 heavy (non-hydrogen) atoms. The molecule has 0 amide bonds. The number of nitriles is 1. The lowest BCUT2D eigenvalue weighted by Gasteiger charge is -2.29. The van der Waals surface area contributed by atoms with Crippen molar-refractivity contribution in [3.63, 3.8) is 0 Å². The Bertz CT molecular complexity index is 469. The van der Waals surface area contributed by atoms with Crippen molar-refractivity contribution >= 4 is 0 Å². The van der Waals surface area contributed by atoms with Crippen molar-refractivity contribution in [2.45, 2.75) is 52.5 Å². The first kappa shape index (κ1) is 14.1. The number of likely N-dealkylation sites (tertiary alicyclic amines) is 1. The molecular formula is C17H24N2. The number of nitrogens with zero attached hydrogens (tertiary/aromatic N) is 2. The van der Waals surface area contributed by atoms with Gasteiger partial charge in [0.25, 0.3) is 0 Å². The minimum Gasteiger partial charge on any atom is -0.288 e. The molecule has 0 spiro atoms. The molecule has 0 radical (unpaired) electrons. The maximum absolute atomic E-state index is 9.56. The molecule has 2 heteroatoms. The number of rotatable bonds is 3. The molecule has 102 valence electrons. The summed E-state index contributed by atoms with van der Waals surface area (Å²) in [4.78, 5) is 2.35. The van der Waals surface area contributed by atoms with Crippen molar-refractivity contribution in [3.05, 3.63) is 34.4 Å². The molecule has 0 N–H and O–H groups in total. The third-order valence-corrected chi connectivity index (χ3v) is 4.33. The topological polar surface area (TPSA) is 27.0 Å². The van der Waals surface area contributed by atoms with Gasteiger partial charge in [-0.05, 0) is 63.4 Å². The SMILES string of the molecule is Cc1cc(C)c(C(C)C(C#N)N2CCCC2)c(C)c1. The molecule has 2 atom stereocenters. The van der Waals surface area contributed by atoms with Gasteiger partial charge in [0.1, 0.15) is 6.04 Å². The predicted octanol–water partition coefficient (Wildman–Crippen LogP) is 3.70. The number of hydrogen-bond acceptors (Lipinski definition) is 2. The summed E-state index contributed by atoms with van der Waals surface area (Å²) in [7, 11) is 0. The van der Waals surface area contributed by atoms with Crippen molar-refractivity contribution in [2.24, 2.45) is 0 Å². The average molecular weight is 256 g/mol. The van der Waals surface area contributed by atoms with E-state index in [1.54, 1.807) is 0 Å². The minimum atomic E-state index is 0.0163. The van der Waals surface area contributed by atoms with E-state index in [1.165, 1.54) is 35.1 Å². The first-order valence-electron chi connectivity index (χ1n) is 7.26. The van der Waals surface area contributed by atoms with Gasteiger partial charge in [0, 0.05) is 5.92 Å². The Hall–Kier alpha value is -1.33. The van der Waals surface area contributed by atoms with E-state index in [2.05, 4.69) is 50.8 Å². The zero-order valence-electron chi connectivity index (χ0n) is 12.5. The highest BCUT2D eigenvalue weighted by Gasteiger charge is 2.29. The summed E-state index contributed by atoms with van der Waals surface area (Å²) in [5, 5.41) is 9.56. The van der Waals surface area contributed by atoms with Gasteiger partial charge >= 0.3 is 0 Å². The zero-order chi connectivity index (χ0) is 14.0. The van der Waals surface area contributed by atoms with Crippen LogP contribution in [0.5, 0.6) is 0 Å². The molecule has 0 aromatic heterocycles. The summed E-state index contributed by atoms with van der Waals surface area (Å²) in [6, 6.07) is 7.02. The average Bonchev–Trinajstić information content (AvgIpc) is 2.82. The van der Waals surface area contributed by atoms with Crippen LogP contribution in [0.2, 0.25) is 0 Å². The van der Waals surface area contributed by atoms with E-state index in [1.807, 2.05) is 0 Å².